The van der Waals surface area contributed by atoms with E-state index in [0.717, 1.165) is 6.42 Å². The molecular weight excluding hydrogens is 260 g/mol. The number of nitrogens with one attached hydrogen (secondary N) is 2. The Hall–Kier alpha value is -1.17. The molecule has 1 aromatic heterocycles. The number of hydrogen-bond donors (Lipinski definition) is 2. The highest BCUT2D eigenvalue weighted by atomic mass is 32.1. The summed E-state index contributed by atoms with van der Waals surface area (Å²) in [5, 5.41) is 15.0. The second kappa shape index (κ2) is 6.32. The third-order valence-corrected chi connectivity index (χ3v) is 4.76. The molecule has 2 rings (SSSR count). The lowest BCUT2D eigenvalue weighted by atomic mass is 9.78. The molecule has 106 valence electrons. The zero-order chi connectivity index (χ0) is 13.8. The molecule has 0 aliphatic heterocycles. The first-order valence-electron chi connectivity index (χ1n) is 6.94. The first kappa shape index (κ1) is 14.2. The van der Waals surface area contributed by atoms with Crippen molar-refractivity contribution in [3.05, 3.63) is 5.01 Å². The molecule has 0 saturated heterocycles. The lowest BCUT2D eigenvalue weighted by Gasteiger charge is -2.34. The van der Waals surface area contributed by atoms with E-state index in [0.29, 0.717) is 22.0 Å². The van der Waals surface area contributed by atoms with Crippen molar-refractivity contribution in [2.45, 2.75) is 45.6 Å². The SMILES string of the molecule is CNc1nnc(C(=O)NC2CCCCC2C(C)C)s1. The number of nitrogens with zero attached hydrogens (tertiary/aromatic N) is 2. The molecule has 5 nitrogen and oxygen atoms in total. The van der Waals surface area contributed by atoms with Crippen LogP contribution in [0.3, 0.4) is 0 Å². The van der Waals surface area contributed by atoms with Gasteiger partial charge in [0.2, 0.25) is 10.1 Å². The number of carbonyl (C=O) groups is 1. The second-order valence-electron chi connectivity index (χ2n) is 5.43. The van der Waals surface area contributed by atoms with Gasteiger partial charge in [0.1, 0.15) is 0 Å². The van der Waals surface area contributed by atoms with Crippen LogP contribution < -0.4 is 10.6 Å². The number of anilines is 1. The maximum Gasteiger partial charge on any atom is 0.282 e. The van der Waals surface area contributed by atoms with Gasteiger partial charge in [-0.15, -0.1) is 10.2 Å². The fraction of sp³-hybridized carbons (Fsp3) is 0.769. The van der Waals surface area contributed by atoms with Crippen LogP contribution in [-0.2, 0) is 0 Å². The van der Waals surface area contributed by atoms with E-state index in [1.165, 1.54) is 30.6 Å². The topological polar surface area (TPSA) is 66.9 Å². The van der Waals surface area contributed by atoms with E-state index in [-0.39, 0.29) is 11.9 Å². The van der Waals surface area contributed by atoms with Gasteiger partial charge in [-0.05, 0) is 24.7 Å². The Morgan fingerprint density at radius 3 is 2.68 bits per heavy atom. The molecule has 0 bridgehead atoms. The fourth-order valence-electron chi connectivity index (χ4n) is 2.78. The van der Waals surface area contributed by atoms with Crippen molar-refractivity contribution in [1.29, 1.82) is 0 Å². The van der Waals surface area contributed by atoms with E-state index >= 15 is 0 Å². The van der Waals surface area contributed by atoms with Gasteiger partial charge in [0, 0.05) is 13.1 Å². The van der Waals surface area contributed by atoms with Crippen LogP contribution >= 0.6 is 11.3 Å². The van der Waals surface area contributed by atoms with Crippen molar-refractivity contribution >= 4 is 22.4 Å². The molecule has 2 unspecified atom stereocenters. The van der Waals surface area contributed by atoms with Crippen molar-refractivity contribution in [3.8, 4) is 0 Å². The Kier molecular flexibility index (Phi) is 4.74. The summed E-state index contributed by atoms with van der Waals surface area (Å²) < 4.78 is 0. The Morgan fingerprint density at radius 2 is 2.05 bits per heavy atom. The van der Waals surface area contributed by atoms with Crippen LogP contribution in [0.4, 0.5) is 5.13 Å². The first-order valence-corrected chi connectivity index (χ1v) is 7.75. The molecular formula is C13H22N4OS. The molecule has 2 atom stereocenters. The summed E-state index contributed by atoms with van der Waals surface area (Å²) in [5.74, 6) is 1.10. The van der Waals surface area contributed by atoms with Crippen LogP contribution in [0.15, 0.2) is 0 Å². The van der Waals surface area contributed by atoms with Gasteiger partial charge in [-0.1, -0.05) is 38.0 Å². The van der Waals surface area contributed by atoms with Gasteiger partial charge < -0.3 is 10.6 Å². The van der Waals surface area contributed by atoms with Gasteiger partial charge in [0.15, 0.2) is 0 Å². The molecule has 1 heterocycles. The molecule has 0 radical (unpaired) electrons. The third kappa shape index (κ3) is 3.43. The summed E-state index contributed by atoms with van der Waals surface area (Å²) >= 11 is 1.29. The highest BCUT2D eigenvalue weighted by Gasteiger charge is 2.29. The van der Waals surface area contributed by atoms with E-state index in [1.807, 2.05) is 0 Å². The van der Waals surface area contributed by atoms with E-state index in [1.54, 1.807) is 7.05 Å². The Balaban J connectivity index is 2.00. The molecule has 1 aliphatic carbocycles. The smallest absolute Gasteiger partial charge is 0.282 e. The van der Waals surface area contributed by atoms with Gasteiger partial charge in [-0.25, -0.2) is 0 Å². The number of carbonyl (C=O) groups excluding carboxylic acids is 1. The molecule has 1 saturated carbocycles. The highest BCUT2D eigenvalue weighted by Crippen LogP contribution is 2.30. The van der Waals surface area contributed by atoms with Gasteiger partial charge in [0.25, 0.3) is 5.91 Å². The standard InChI is InChI=1S/C13H22N4OS/c1-8(2)9-6-4-5-7-10(9)15-11(18)12-16-17-13(14-3)19-12/h8-10H,4-7H2,1-3H3,(H,14,17)(H,15,18). The number of aromatic nitrogens is 2. The van der Waals surface area contributed by atoms with Crippen LogP contribution in [0.2, 0.25) is 0 Å². The quantitative estimate of drug-likeness (QED) is 0.890. The molecule has 6 heteroatoms. The van der Waals surface area contributed by atoms with E-state index in [4.69, 9.17) is 0 Å². The van der Waals surface area contributed by atoms with Crippen molar-refractivity contribution in [2.24, 2.45) is 11.8 Å². The Bertz CT molecular complexity index is 432. The van der Waals surface area contributed by atoms with E-state index < -0.39 is 0 Å². The van der Waals surface area contributed by atoms with Gasteiger partial charge in [-0.2, -0.15) is 0 Å². The lowest BCUT2D eigenvalue weighted by molar-refractivity contribution is 0.0888. The maximum absolute atomic E-state index is 12.2. The summed E-state index contributed by atoms with van der Waals surface area (Å²) in [6, 6.07) is 0.281. The summed E-state index contributed by atoms with van der Waals surface area (Å²) in [7, 11) is 1.78. The van der Waals surface area contributed by atoms with Crippen LogP contribution in [0.1, 0.15) is 49.3 Å². The zero-order valence-corrected chi connectivity index (χ0v) is 12.6. The van der Waals surface area contributed by atoms with Crippen LogP contribution in [0.5, 0.6) is 0 Å². The van der Waals surface area contributed by atoms with Crippen LogP contribution in [-0.4, -0.2) is 29.2 Å². The number of rotatable bonds is 4. The third-order valence-electron chi connectivity index (χ3n) is 3.83. The molecule has 0 spiro atoms. The van der Waals surface area contributed by atoms with Crippen molar-refractivity contribution in [3.63, 3.8) is 0 Å². The maximum atomic E-state index is 12.2. The molecule has 1 amide bonds. The van der Waals surface area contributed by atoms with Crippen molar-refractivity contribution < 1.29 is 4.79 Å². The Labute approximate surface area is 118 Å². The second-order valence-corrected chi connectivity index (χ2v) is 6.41. The summed E-state index contributed by atoms with van der Waals surface area (Å²) in [6.07, 6.45) is 4.76. The summed E-state index contributed by atoms with van der Waals surface area (Å²) in [6.45, 7) is 4.47. The van der Waals surface area contributed by atoms with Crippen LogP contribution in [0, 0.1) is 11.8 Å². The number of hydrogen-bond acceptors (Lipinski definition) is 5. The van der Waals surface area contributed by atoms with Crippen LogP contribution in [0.25, 0.3) is 0 Å². The zero-order valence-electron chi connectivity index (χ0n) is 11.8. The fourth-order valence-corrected chi connectivity index (χ4v) is 3.38. The predicted molar refractivity (Wildman–Crippen MR) is 77.5 cm³/mol. The van der Waals surface area contributed by atoms with E-state index in [2.05, 4.69) is 34.7 Å². The Morgan fingerprint density at radius 1 is 1.32 bits per heavy atom. The minimum absolute atomic E-state index is 0.0865. The van der Waals surface area contributed by atoms with Crippen molar-refractivity contribution in [1.82, 2.24) is 15.5 Å². The molecule has 2 N–H and O–H groups in total. The normalized spacial score (nSPS) is 23.4. The largest absolute Gasteiger partial charge is 0.363 e. The molecule has 19 heavy (non-hydrogen) atoms. The number of amides is 1. The van der Waals surface area contributed by atoms with Gasteiger partial charge in [-0.3, -0.25) is 4.79 Å². The molecule has 1 aromatic rings. The molecule has 0 aromatic carbocycles. The predicted octanol–water partition coefficient (Wildman–Crippen LogP) is 2.52. The average molecular weight is 282 g/mol. The highest BCUT2D eigenvalue weighted by molar-refractivity contribution is 7.17. The monoisotopic (exact) mass is 282 g/mol. The van der Waals surface area contributed by atoms with Gasteiger partial charge >= 0.3 is 0 Å². The summed E-state index contributed by atoms with van der Waals surface area (Å²) in [5.41, 5.74) is 0. The minimum Gasteiger partial charge on any atom is -0.363 e. The minimum atomic E-state index is -0.0865. The molecule has 1 aliphatic rings. The van der Waals surface area contributed by atoms with Crippen molar-refractivity contribution in [2.75, 3.05) is 12.4 Å². The molecule has 1 fully saturated rings. The van der Waals surface area contributed by atoms with Gasteiger partial charge in [0.05, 0.1) is 0 Å². The first-order chi connectivity index (χ1) is 9.11. The van der Waals surface area contributed by atoms with E-state index in [9.17, 15) is 4.79 Å². The average Bonchev–Trinajstić information content (AvgIpc) is 2.88. The lowest BCUT2D eigenvalue weighted by Crippen LogP contribution is -2.43. The summed E-state index contributed by atoms with van der Waals surface area (Å²) in [4.78, 5) is 12.2.